The normalized spacial score (nSPS) is 10.3. The Hall–Kier alpha value is -1.08. The summed E-state index contributed by atoms with van der Waals surface area (Å²) in [6.07, 6.45) is 1.15. The van der Waals surface area contributed by atoms with Crippen molar-refractivity contribution in [1.29, 1.82) is 0 Å². The van der Waals surface area contributed by atoms with Gasteiger partial charge in [-0.1, -0.05) is 11.8 Å². The molecule has 0 fully saturated rings. The zero-order valence-corrected chi connectivity index (χ0v) is 11.9. The predicted octanol–water partition coefficient (Wildman–Crippen LogP) is 2.12. The minimum absolute atomic E-state index is 0.0201. The van der Waals surface area contributed by atoms with Crippen LogP contribution in [0.1, 0.15) is 23.4 Å². The molecule has 0 saturated carbocycles. The topological polar surface area (TPSA) is 76.5 Å². The third-order valence-corrected chi connectivity index (χ3v) is 4.55. The highest BCUT2D eigenvalue weighted by Crippen LogP contribution is 2.28. The number of hydrogen-bond acceptors (Lipinski definition) is 6. The van der Waals surface area contributed by atoms with E-state index in [4.69, 9.17) is 5.11 Å². The highest BCUT2D eigenvalue weighted by atomic mass is 32.2. The quantitative estimate of drug-likeness (QED) is 0.471. The molecule has 1 heterocycles. The molecule has 0 aliphatic carbocycles. The summed E-state index contributed by atoms with van der Waals surface area (Å²) in [7, 11) is 1.37. The summed E-state index contributed by atoms with van der Waals surface area (Å²) in [6, 6.07) is 0. The molecule has 0 atom stereocenters. The lowest BCUT2D eigenvalue weighted by atomic mass is 10.3. The molecule has 0 spiro atoms. The van der Waals surface area contributed by atoms with Crippen LogP contribution >= 0.6 is 23.1 Å². The Labute approximate surface area is 114 Å². The summed E-state index contributed by atoms with van der Waals surface area (Å²) in [5, 5.41) is 8.72. The molecule has 5 nitrogen and oxygen atoms in total. The summed E-state index contributed by atoms with van der Waals surface area (Å²) in [6.45, 7) is 1.81. The molecule has 100 valence electrons. The minimum atomic E-state index is -0.844. The van der Waals surface area contributed by atoms with Crippen molar-refractivity contribution in [3.8, 4) is 0 Å². The second-order valence-electron chi connectivity index (χ2n) is 3.59. The lowest BCUT2D eigenvalue weighted by Crippen LogP contribution is -1.99. The number of thioether (sulfide) groups is 1. The van der Waals surface area contributed by atoms with E-state index >= 15 is 0 Å². The van der Waals surface area contributed by atoms with E-state index in [-0.39, 0.29) is 12.4 Å². The van der Waals surface area contributed by atoms with Crippen LogP contribution in [-0.4, -0.2) is 34.9 Å². The van der Waals surface area contributed by atoms with Crippen molar-refractivity contribution in [2.24, 2.45) is 0 Å². The number of rotatable bonds is 7. The lowest BCUT2D eigenvalue weighted by Gasteiger charge is -1.97. The van der Waals surface area contributed by atoms with E-state index in [9.17, 15) is 9.59 Å². The maximum atomic E-state index is 10.9. The Morgan fingerprint density at radius 3 is 2.83 bits per heavy atom. The molecule has 0 aliphatic rings. The van der Waals surface area contributed by atoms with E-state index in [1.807, 2.05) is 6.92 Å². The van der Waals surface area contributed by atoms with E-state index in [1.165, 1.54) is 18.4 Å². The number of ether oxygens (including phenoxy) is 1. The van der Waals surface area contributed by atoms with Gasteiger partial charge in [0.15, 0.2) is 0 Å². The number of methoxy groups -OCH3 is 1. The molecule has 1 rings (SSSR count). The maximum absolute atomic E-state index is 10.9. The molecule has 7 heteroatoms. The number of nitrogens with zero attached hydrogens (tertiary/aromatic N) is 1. The van der Waals surface area contributed by atoms with Gasteiger partial charge in [0, 0.05) is 17.1 Å². The van der Waals surface area contributed by atoms with E-state index in [2.05, 4.69) is 9.72 Å². The van der Waals surface area contributed by atoms with Gasteiger partial charge in [0.25, 0.3) is 0 Å². The van der Waals surface area contributed by atoms with Crippen LogP contribution in [0.3, 0.4) is 0 Å². The van der Waals surface area contributed by atoms with Gasteiger partial charge in [-0.3, -0.25) is 9.59 Å². The number of aromatic nitrogens is 1. The van der Waals surface area contributed by atoms with Crippen LogP contribution < -0.4 is 0 Å². The summed E-state index contributed by atoms with van der Waals surface area (Å²) in [5.41, 5.74) is 0.776. The number of carbonyl (C=O) groups excluding carboxylic acids is 1. The first kappa shape index (κ1) is 15.0. The summed E-state index contributed by atoms with van der Waals surface area (Å²) < 4.78 is 5.40. The number of carboxylic acids is 1. The Balaban J connectivity index is 2.39. The van der Waals surface area contributed by atoms with Crippen LogP contribution in [0.15, 0.2) is 4.34 Å². The van der Waals surface area contributed by atoms with Gasteiger partial charge in [-0.15, -0.1) is 11.3 Å². The first-order chi connectivity index (χ1) is 8.52. The highest BCUT2D eigenvalue weighted by Gasteiger charge is 2.11. The summed E-state index contributed by atoms with van der Waals surface area (Å²) in [5.74, 6) is -0.282. The lowest BCUT2D eigenvalue weighted by molar-refractivity contribution is -0.140. The fraction of sp³-hybridized carbons (Fsp3) is 0.545. The molecule has 1 aromatic heterocycles. The highest BCUT2D eigenvalue weighted by molar-refractivity contribution is 8.01. The molecule has 0 bridgehead atoms. The Kier molecular flexibility index (Phi) is 6.14. The number of thiazole rings is 1. The number of aryl methyl sites for hydroxylation is 1. The molecule has 18 heavy (non-hydrogen) atoms. The molecular weight excluding hydrogens is 274 g/mol. The van der Waals surface area contributed by atoms with Crippen LogP contribution in [0.2, 0.25) is 0 Å². The van der Waals surface area contributed by atoms with Crippen LogP contribution in [-0.2, 0) is 20.7 Å². The summed E-state index contributed by atoms with van der Waals surface area (Å²) in [4.78, 5) is 26.6. The second-order valence-corrected chi connectivity index (χ2v) is 6.01. The van der Waals surface area contributed by atoms with E-state index in [1.54, 1.807) is 11.8 Å². The summed E-state index contributed by atoms with van der Waals surface area (Å²) >= 11 is 2.95. The average Bonchev–Trinajstić information content (AvgIpc) is 2.64. The van der Waals surface area contributed by atoms with Crippen molar-refractivity contribution in [3.63, 3.8) is 0 Å². The van der Waals surface area contributed by atoms with Gasteiger partial charge in [-0.05, 0) is 13.3 Å². The van der Waals surface area contributed by atoms with Gasteiger partial charge in [0.05, 0.1) is 19.2 Å². The van der Waals surface area contributed by atoms with Crippen molar-refractivity contribution in [2.75, 3.05) is 12.9 Å². The third-order valence-electron chi connectivity index (χ3n) is 2.16. The minimum Gasteiger partial charge on any atom is -0.481 e. The van der Waals surface area contributed by atoms with Crippen molar-refractivity contribution in [3.05, 3.63) is 10.6 Å². The van der Waals surface area contributed by atoms with Gasteiger partial charge >= 0.3 is 11.9 Å². The molecule has 1 aromatic rings. The Morgan fingerprint density at radius 2 is 2.22 bits per heavy atom. The fourth-order valence-corrected chi connectivity index (χ4v) is 3.48. The number of hydrogen-bond donors (Lipinski definition) is 1. The van der Waals surface area contributed by atoms with E-state index < -0.39 is 5.97 Å². The zero-order chi connectivity index (χ0) is 13.5. The van der Waals surface area contributed by atoms with Crippen LogP contribution in [0.5, 0.6) is 0 Å². The molecule has 0 aliphatic heterocycles. The van der Waals surface area contributed by atoms with Crippen molar-refractivity contribution in [2.45, 2.75) is 30.5 Å². The van der Waals surface area contributed by atoms with Gasteiger partial charge in [0.1, 0.15) is 4.34 Å². The first-order valence-electron chi connectivity index (χ1n) is 5.40. The molecule has 0 radical (unpaired) electrons. The molecular formula is C11H15NO4S2. The molecule has 0 saturated heterocycles. The van der Waals surface area contributed by atoms with Gasteiger partial charge in [-0.2, -0.15) is 0 Å². The number of carbonyl (C=O) groups is 2. The van der Waals surface area contributed by atoms with Gasteiger partial charge in [-0.25, -0.2) is 4.98 Å². The van der Waals surface area contributed by atoms with Crippen LogP contribution in [0.25, 0.3) is 0 Å². The van der Waals surface area contributed by atoms with E-state index in [0.29, 0.717) is 6.42 Å². The monoisotopic (exact) mass is 289 g/mol. The number of aliphatic carboxylic acids is 1. The largest absolute Gasteiger partial charge is 0.481 e. The predicted molar refractivity (Wildman–Crippen MR) is 70.2 cm³/mol. The maximum Gasteiger partial charge on any atom is 0.308 e. The SMILES string of the molecule is COC(=O)CCCSc1nc(C)c(CC(=O)O)s1. The Bertz CT molecular complexity index is 431. The van der Waals surface area contributed by atoms with Crippen LogP contribution in [0, 0.1) is 6.92 Å². The average molecular weight is 289 g/mol. The first-order valence-corrected chi connectivity index (χ1v) is 7.21. The number of esters is 1. The fourth-order valence-electron chi connectivity index (χ4n) is 1.24. The van der Waals surface area contributed by atoms with Crippen molar-refractivity contribution >= 4 is 35.0 Å². The Morgan fingerprint density at radius 1 is 1.50 bits per heavy atom. The third kappa shape index (κ3) is 5.05. The molecule has 0 amide bonds. The smallest absolute Gasteiger partial charge is 0.308 e. The van der Waals surface area contributed by atoms with Gasteiger partial charge in [0.2, 0.25) is 0 Å². The van der Waals surface area contributed by atoms with E-state index in [0.717, 1.165) is 27.1 Å². The molecule has 0 aromatic carbocycles. The second kappa shape index (κ2) is 7.38. The zero-order valence-electron chi connectivity index (χ0n) is 10.3. The molecule has 1 N–H and O–H groups in total. The van der Waals surface area contributed by atoms with Crippen molar-refractivity contribution < 1.29 is 19.4 Å². The van der Waals surface area contributed by atoms with Crippen molar-refractivity contribution in [1.82, 2.24) is 4.98 Å². The van der Waals surface area contributed by atoms with Gasteiger partial charge < -0.3 is 9.84 Å². The number of carboxylic acid groups (broad SMARTS) is 1. The standard InChI is InChI=1S/C11H15NO4S2/c1-7-8(6-9(13)14)18-11(12-7)17-5-3-4-10(15)16-2/h3-6H2,1-2H3,(H,13,14). The van der Waals surface area contributed by atoms with Crippen LogP contribution in [0.4, 0.5) is 0 Å². The molecule has 0 unspecified atom stereocenters.